The van der Waals surface area contributed by atoms with Crippen LogP contribution in [0, 0.1) is 5.92 Å². The van der Waals surface area contributed by atoms with E-state index in [1.807, 2.05) is 0 Å². The number of amides is 1. The second kappa shape index (κ2) is 9.58. The number of hydrogen-bond acceptors (Lipinski definition) is 3. The quantitative estimate of drug-likeness (QED) is 0.805. The normalized spacial score (nSPS) is 17.1. The zero-order valence-electron chi connectivity index (χ0n) is 12.2. The Labute approximate surface area is 135 Å². The molecular formula is C15H21ClF2N2O2. The van der Waals surface area contributed by atoms with Crippen LogP contribution in [0.4, 0.5) is 8.78 Å². The maximum atomic E-state index is 12.3. The molecule has 4 nitrogen and oxygen atoms in total. The highest BCUT2D eigenvalue weighted by Crippen LogP contribution is 2.20. The zero-order valence-corrected chi connectivity index (χ0v) is 13.0. The molecule has 1 aromatic carbocycles. The summed E-state index contributed by atoms with van der Waals surface area (Å²) < 4.78 is 29.0. The monoisotopic (exact) mass is 334 g/mol. The van der Waals surface area contributed by atoms with E-state index in [1.54, 1.807) is 18.2 Å². The van der Waals surface area contributed by atoms with Crippen LogP contribution in [-0.4, -0.2) is 32.2 Å². The molecule has 1 aliphatic heterocycles. The maximum Gasteiger partial charge on any atom is 0.387 e. The first-order chi connectivity index (χ1) is 10.1. The number of alkyl halides is 2. The third-order valence-corrected chi connectivity index (χ3v) is 3.58. The van der Waals surface area contributed by atoms with Crippen LogP contribution < -0.4 is 15.4 Å². The lowest BCUT2D eigenvalue weighted by Gasteiger charge is -2.12. The lowest BCUT2D eigenvalue weighted by atomic mass is 10.1. The van der Waals surface area contributed by atoms with Gasteiger partial charge in [0.05, 0.1) is 6.42 Å². The van der Waals surface area contributed by atoms with Crippen LogP contribution in [0.1, 0.15) is 18.4 Å². The van der Waals surface area contributed by atoms with Crippen molar-refractivity contribution in [3.63, 3.8) is 0 Å². The Balaban J connectivity index is 0.00000242. The van der Waals surface area contributed by atoms with Crippen LogP contribution in [0.3, 0.4) is 0 Å². The number of carbonyl (C=O) groups excluding carboxylic acids is 1. The van der Waals surface area contributed by atoms with Gasteiger partial charge in [-0.1, -0.05) is 18.2 Å². The number of nitrogens with one attached hydrogen (secondary N) is 2. The second-order valence-corrected chi connectivity index (χ2v) is 5.16. The van der Waals surface area contributed by atoms with E-state index < -0.39 is 6.61 Å². The molecule has 0 aromatic heterocycles. The molecule has 0 radical (unpaired) electrons. The van der Waals surface area contributed by atoms with Crippen LogP contribution >= 0.6 is 12.4 Å². The minimum Gasteiger partial charge on any atom is -0.435 e. The molecule has 7 heteroatoms. The molecule has 1 amide bonds. The molecule has 0 bridgehead atoms. The number of halogens is 3. The van der Waals surface area contributed by atoms with Crippen LogP contribution in [0.25, 0.3) is 0 Å². The van der Waals surface area contributed by atoms with Crippen LogP contribution in [0.2, 0.25) is 0 Å². The van der Waals surface area contributed by atoms with Crippen molar-refractivity contribution in [2.45, 2.75) is 25.9 Å². The zero-order chi connectivity index (χ0) is 15.1. The predicted octanol–water partition coefficient (Wildman–Crippen LogP) is 2.37. The van der Waals surface area contributed by atoms with Crippen LogP contribution in [-0.2, 0) is 11.2 Å². The number of benzene rings is 1. The Hall–Kier alpha value is -1.40. The van der Waals surface area contributed by atoms with Gasteiger partial charge in [-0.15, -0.1) is 12.4 Å². The smallest absolute Gasteiger partial charge is 0.387 e. The second-order valence-electron chi connectivity index (χ2n) is 5.16. The molecule has 0 saturated carbocycles. The Morgan fingerprint density at radius 2 is 2.18 bits per heavy atom. The first-order valence-electron chi connectivity index (χ1n) is 7.15. The fraction of sp³-hybridized carbons (Fsp3) is 0.533. The number of rotatable bonds is 7. The van der Waals surface area contributed by atoms with E-state index in [2.05, 4.69) is 15.4 Å². The highest BCUT2D eigenvalue weighted by Gasteiger charge is 2.15. The van der Waals surface area contributed by atoms with Gasteiger partial charge in [0, 0.05) is 12.1 Å². The molecule has 0 aliphatic carbocycles. The predicted molar refractivity (Wildman–Crippen MR) is 82.6 cm³/mol. The molecule has 22 heavy (non-hydrogen) atoms. The van der Waals surface area contributed by atoms with Gasteiger partial charge >= 0.3 is 6.61 Å². The molecule has 1 aromatic rings. The van der Waals surface area contributed by atoms with Gasteiger partial charge in [0.1, 0.15) is 5.75 Å². The minimum absolute atomic E-state index is 0. The van der Waals surface area contributed by atoms with Crippen molar-refractivity contribution in [2.75, 3.05) is 19.6 Å². The van der Waals surface area contributed by atoms with Crippen LogP contribution in [0.15, 0.2) is 24.3 Å². The van der Waals surface area contributed by atoms with Crippen molar-refractivity contribution >= 4 is 18.3 Å². The van der Waals surface area contributed by atoms with Gasteiger partial charge in [-0.05, 0) is 37.9 Å². The van der Waals surface area contributed by atoms with E-state index in [4.69, 9.17) is 0 Å². The van der Waals surface area contributed by atoms with Gasteiger partial charge in [0.25, 0.3) is 0 Å². The third kappa shape index (κ3) is 6.15. The highest BCUT2D eigenvalue weighted by molar-refractivity contribution is 5.85. The van der Waals surface area contributed by atoms with E-state index in [0.29, 0.717) is 18.0 Å². The summed E-state index contributed by atoms with van der Waals surface area (Å²) >= 11 is 0. The largest absolute Gasteiger partial charge is 0.435 e. The number of hydrogen-bond donors (Lipinski definition) is 2. The lowest BCUT2D eigenvalue weighted by molar-refractivity contribution is -0.120. The molecule has 1 heterocycles. The van der Waals surface area contributed by atoms with E-state index >= 15 is 0 Å². The van der Waals surface area contributed by atoms with Gasteiger partial charge in [0.15, 0.2) is 0 Å². The van der Waals surface area contributed by atoms with E-state index in [9.17, 15) is 13.6 Å². The van der Waals surface area contributed by atoms with Gasteiger partial charge in [0.2, 0.25) is 5.91 Å². The molecule has 2 N–H and O–H groups in total. The van der Waals surface area contributed by atoms with E-state index in [-0.39, 0.29) is 30.5 Å². The summed E-state index contributed by atoms with van der Waals surface area (Å²) in [5.74, 6) is 0.494. The molecule has 1 fully saturated rings. The van der Waals surface area contributed by atoms with Crippen molar-refractivity contribution in [3.05, 3.63) is 29.8 Å². The molecule has 124 valence electrons. The summed E-state index contributed by atoms with van der Waals surface area (Å²) in [4.78, 5) is 11.9. The van der Waals surface area contributed by atoms with Crippen LogP contribution in [0.5, 0.6) is 5.75 Å². The third-order valence-electron chi connectivity index (χ3n) is 3.58. The molecule has 1 aliphatic rings. The topological polar surface area (TPSA) is 50.4 Å². The summed E-state index contributed by atoms with van der Waals surface area (Å²) in [5, 5.41) is 6.10. The average molecular weight is 335 g/mol. The van der Waals surface area contributed by atoms with Crippen molar-refractivity contribution in [2.24, 2.45) is 5.92 Å². The van der Waals surface area contributed by atoms with Gasteiger partial charge in [-0.3, -0.25) is 4.79 Å². The standard InChI is InChI=1S/C15H20F2N2O2.ClH/c16-15(17)21-13-4-2-1-3-12(13)9-14(20)19-8-6-11-5-7-18-10-11;/h1-4,11,15,18H,5-10H2,(H,19,20);1H. The number of carbonyl (C=O) groups is 1. The Bertz CT molecular complexity index is 469. The minimum atomic E-state index is -2.89. The lowest BCUT2D eigenvalue weighted by Crippen LogP contribution is -2.28. The Morgan fingerprint density at radius 1 is 1.41 bits per heavy atom. The number of ether oxygens (including phenoxy) is 1. The summed E-state index contributed by atoms with van der Waals surface area (Å²) in [6.07, 6.45) is 2.13. The first-order valence-corrected chi connectivity index (χ1v) is 7.15. The van der Waals surface area contributed by atoms with Crippen molar-refractivity contribution in [1.82, 2.24) is 10.6 Å². The summed E-state index contributed by atoms with van der Waals surface area (Å²) in [7, 11) is 0. The first kappa shape index (κ1) is 18.6. The van der Waals surface area contributed by atoms with Gasteiger partial charge < -0.3 is 15.4 Å². The summed E-state index contributed by atoms with van der Waals surface area (Å²) in [6.45, 7) is -0.231. The van der Waals surface area contributed by atoms with E-state index in [0.717, 1.165) is 25.9 Å². The van der Waals surface area contributed by atoms with Crippen molar-refractivity contribution in [1.29, 1.82) is 0 Å². The van der Waals surface area contributed by atoms with Crippen molar-refractivity contribution in [3.8, 4) is 5.75 Å². The number of para-hydroxylation sites is 1. The summed E-state index contributed by atoms with van der Waals surface area (Å²) in [6, 6.07) is 6.37. The average Bonchev–Trinajstić information content (AvgIpc) is 2.93. The Morgan fingerprint density at radius 3 is 2.86 bits per heavy atom. The SMILES string of the molecule is Cl.O=C(Cc1ccccc1OC(F)F)NCCC1CCNC1. The molecular weight excluding hydrogens is 314 g/mol. The molecule has 0 spiro atoms. The maximum absolute atomic E-state index is 12.3. The Kier molecular flexibility index (Phi) is 8.12. The highest BCUT2D eigenvalue weighted by atomic mass is 35.5. The molecule has 1 saturated heterocycles. The summed E-state index contributed by atoms with van der Waals surface area (Å²) in [5.41, 5.74) is 0.470. The molecule has 1 unspecified atom stereocenters. The van der Waals surface area contributed by atoms with Gasteiger partial charge in [-0.25, -0.2) is 0 Å². The van der Waals surface area contributed by atoms with E-state index in [1.165, 1.54) is 6.07 Å². The van der Waals surface area contributed by atoms with Crippen molar-refractivity contribution < 1.29 is 18.3 Å². The fourth-order valence-corrected chi connectivity index (χ4v) is 2.47. The van der Waals surface area contributed by atoms with Gasteiger partial charge in [-0.2, -0.15) is 8.78 Å². The molecule has 1 atom stereocenters. The molecule has 2 rings (SSSR count). The fourth-order valence-electron chi connectivity index (χ4n) is 2.47.